The summed E-state index contributed by atoms with van der Waals surface area (Å²) < 4.78 is 10.7. The van der Waals surface area contributed by atoms with Crippen LogP contribution in [-0.4, -0.2) is 18.7 Å². The second-order valence-corrected chi connectivity index (χ2v) is 5.53. The molecule has 0 N–H and O–H groups in total. The van der Waals surface area contributed by atoms with Crippen LogP contribution in [0.4, 0.5) is 0 Å². The van der Waals surface area contributed by atoms with Gasteiger partial charge in [0.25, 0.3) is 0 Å². The van der Waals surface area contributed by atoms with Crippen molar-refractivity contribution < 1.29 is 14.3 Å². The van der Waals surface area contributed by atoms with Crippen LogP contribution in [0.1, 0.15) is 24.0 Å². The van der Waals surface area contributed by atoms with E-state index in [1.807, 2.05) is 36.4 Å². The highest BCUT2D eigenvalue weighted by Gasteiger charge is 2.25. The zero-order chi connectivity index (χ0) is 16.8. The van der Waals surface area contributed by atoms with Crippen molar-refractivity contribution in [3.05, 3.63) is 65.7 Å². The minimum atomic E-state index is -0.469. The van der Waals surface area contributed by atoms with Gasteiger partial charge in [0.2, 0.25) is 0 Å². The Morgan fingerprint density at radius 1 is 1.21 bits per heavy atom. The first-order valence-electron chi connectivity index (χ1n) is 7.87. The van der Waals surface area contributed by atoms with E-state index in [1.165, 1.54) is 0 Å². The van der Waals surface area contributed by atoms with Crippen molar-refractivity contribution in [2.24, 2.45) is 0 Å². The highest BCUT2D eigenvalue weighted by molar-refractivity contribution is 5.89. The number of ether oxygens (including phenoxy) is 2. The van der Waals surface area contributed by atoms with Gasteiger partial charge in [0.1, 0.15) is 5.75 Å². The third kappa shape index (κ3) is 3.89. The molecule has 0 spiro atoms. The molecular formula is C20H17NO3. The molecule has 0 amide bonds. The second kappa shape index (κ2) is 7.58. The van der Waals surface area contributed by atoms with Crippen molar-refractivity contribution in [3.8, 4) is 11.8 Å². The van der Waals surface area contributed by atoms with Gasteiger partial charge >= 0.3 is 5.97 Å². The Hall–Kier alpha value is -2.90. The van der Waals surface area contributed by atoms with Crippen molar-refractivity contribution in [1.29, 1.82) is 5.26 Å². The number of allylic oxidation sites excluding steroid dienone is 1. The lowest BCUT2D eigenvalue weighted by Crippen LogP contribution is -2.24. The molecule has 1 heterocycles. The quantitative estimate of drug-likeness (QED) is 0.372. The molecule has 0 aliphatic carbocycles. The van der Waals surface area contributed by atoms with E-state index in [0.29, 0.717) is 24.4 Å². The average Bonchev–Trinajstić information content (AvgIpc) is 3.15. The van der Waals surface area contributed by atoms with E-state index in [-0.39, 0.29) is 5.97 Å². The molecule has 120 valence electrons. The molecule has 1 aliphatic rings. The summed E-state index contributed by atoms with van der Waals surface area (Å²) >= 11 is 0. The fourth-order valence-corrected chi connectivity index (χ4v) is 2.58. The number of hydrogen-bond donors (Lipinski definition) is 0. The predicted octanol–water partition coefficient (Wildman–Crippen LogP) is 3.84. The van der Waals surface area contributed by atoms with Gasteiger partial charge < -0.3 is 9.47 Å². The van der Waals surface area contributed by atoms with Crippen LogP contribution in [0.5, 0.6) is 5.75 Å². The molecule has 4 nitrogen and oxygen atoms in total. The number of nitrogens with zero attached hydrogens (tertiary/aromatic N) is 1. The maximum atomic E-state index is 12.0. The Morgan fingerprint density at radius 3 is 2.75 bits per heavy atom. The zero-order valence-corrected chi connectivity index (χ0v) is 13.1. The van der Waals surface area contributed by atoms with E-state index in [0.717, 1.165) is 17.5 Å². The van der Waals surface area contributed by atoms with Crippen molar-refractivity contribution in [2.45, 2.75) is 18.9 Å². The summed E-state index contributed by atoms with van der Waals surface area (Å²) in [5, 5.41) is 9.38. The summed E-state index contributed by atoms with van der Waals surface area (Å²) in [5.41, 5.74) is 2.20. The smallest absolute Gasteiger partial charge is 0.340 e. The summed E-state index contributed by atoms with van der Waals surface area (Å²) in [6.07, 6.45) is 2.89. The highest BCUT2D eigenvalue weighted by Crippen LogP contribution is 2.22. The maximum absolute atomic E-state index is 12.0. The Labute approximate surface area is 140 Å². The van der Waals surface area contributed by atoms with Gasteiger partial charge in [-0.2, -0.15) is 5.26 Å². The molecule has 1 fully saturated rings. The fourth-order valence-electron chi connectivity index (χ4n) is 2.58. The lowest BCUT2D eigenvalue weighted by atomic mass is 10.0. The van der Waals surface area contributed by atoms with Crippen molar-refractivity contribution >= 4 is 17.6 Å². The summed E-state index contributed by atoms with van der Waals surface area (Å²) in [5.74, 6) is 0.0896. The van der Waals surface area contributed by atoms with Crippen LogP contribution in [-0.2, 0) is 9.53 Å². The van der Waals surface area contributed by atoms with Gasteiger partial charge in [-0.3, -0.25) is 0 Å². The van der Waals surface area contributed by atoms with E-state index < -0.39 is 6.10 Å². The number of nitriles is 1. The van der Waals surface area contributed by atoms with Crippen LogP contribution >= 0.6 is 0 Å². The van der Waals surface area contributed by atoms with E-state index in [9.17, 15) is 10.1 Å². The van der Waals surface area contributed by atoms with Gasteiger partial charge in [-0.15, -0.1) is 0 Å². The SMILES string of the molecule is N#C/C(=C/c1cccc(OC(=O)C2CCCO2)c1)c1ccccc1. The molecule has 0 bridgehead atoms. The molecule has 2 aromatic rings. The van der Waals surface area contributed by atoms with Crippen LogP contribution in [0.15, 0.2) is 54.6 Å². The summed E-state index contributed by atoms with van der Waals surface area (Å²) in [6, 6.07) is 18.8. The second-order valence-electron chi connectivity index (χ2n) is 5.53. The van der Waals surface area contributed by atoms with Crippen molar-refractivity contribution in [1.82, 2.24) is 0 Å². The molecule has 2 aromatic carbocycles. The number of esters is 1. The third-order valence-electron chi connectivity index (χ3n) is 3.79. The first-order chi connectivity index (χ1) is 11.8. The summed E-state index contributed by atoms with van der Waals surface area (Å²) in [6.45, 7) is 0.602. The van der Waals surface area contributed by atoms with Gasteiger partial charge in [-0.1, -0.05) is 42.5 Å². The normalized spacial score (nSPS) is 17.3. The standard InChI is InChI=1S/C20H17NO3/c21-14-17(16-7-2-1-3-8-16)12-15-6-4-9-18(13-15)24-20(22)19-10-5-11-23-19/h1-4,6-9,12-13,19H,5,10-11H2/b17-12-. The Kier molecular flexibility index (Phi) is 5.05. The molecule has 1 atom stereocenters. The Bertz CT molecular complexity index is 784. The fraction of sp³-hybridized carbons (Fsp3) is 0.200. The monoisotopic (exact) mass is 319 g/mol. The molecule has 0 aromatic heterocycles. The molecular weight excluding hydrogens is 302 g/mol. The van der Waals surface area contributed by atoms with Crippen molar-refractivity contribution in [2.75, 3.05) is 6.61 Å². The van der Waals surface area contributed by atoms with Gasteiger partial charge in [-0.05, 0) is 42.2 Å². The number of benzene rings is 2. The molecule has 24 heavy (non-hydrogen) atoms. The molecule has 0 saturated carbocycles. The van der Waals surface area contributed by atoms with E-state index in [2.05, 4.69) is 6.07 Å². The van der Waals surface area contributed by atoms with Gasteiger partial charge in [0.05, 0.1) is 11.6 Å². The minimum Gasteiger partial charge on any atom is -0.425 e. The molecule has 1 aliphatic heterocycles. The molecule has 3 rings (SSSR count). The molecule has 1 unspecified atom stereocenters. The Morgan fingerprint density at radius 2 is 2.04 bits per heavy atom. The molecule has 0 radical (unpaired) electrons. The first kappa shape index (κ1) is 16.0. The van der Waals surface area contributed by atoms with E-state index in [1.54, 1.807) is 24.3 Å². The highest BCUT2D eigenvalue weighted by atomic mass is 16.6. The van der Waals surface area contributed by atoms with Crippen LogP contribution < -0.4 is 4.74 Å². The predicted molar refractivity (Wildman–Crippen MR) is 91.0 cm³/mol. The van der Waals surface area contributed by atoms with Crippen LogP contribution in [0.2, 0.25) is 0 Å². The molecule has 4 heteroatoms. The Balaban J connectivity index is 1.78. The van der Waals surface area contributed by atoms with Gasteiger partial charge in [0.15, 0.2) is 6.10 Å². The topological polar surface area (TPSA) is 59.3 Å². The maximum Gasteiger partial charge on any atom is 0.340 e. The number of hydrogen-bond acceptors (Lipinski definition) is 4. The van der Waals surface area contributed by atoms with Crippen LogP contribution in [0.3, 0.4) is 0 Å². The van der Waals surface area contributed by atoms with Gasteiger partial charge in [-0.25, -0.2) is 4.79 Å². The number of rotatable bonds is 4. The summed E-state index contributed by atoms with van der Waals surface area (Å²) in [7, 11) is 0. The van der Waals surface area contributed by atoms with E-state index in [4.69, 9.17) is 9.47 Å². The minimum absolute atomic E-state index is 0.364. The largest absolute Gasteiger partial charge is 0.425 e. The van der Waals surface area contributed by atoms with Gasteiger partial charge in [0, 0.05) is 6.61 Å². The number of carbonyl (C=O) groups is 1. The van der Waals surface area contributed by atoms with E-state index >= 15 is 0 Å². The van der Waals surface area contributed by atoms with Crippen molar-refractivity contribution in [3.63, 3.8) is 0 Å². The number of carbonyl (C=O) groups excluding carboxylic acids is 1. The van der Waals surface area contributed by atoms with Crippen LogP contribution in [0, 0.1) is 11.3 Å². The van der Waals surface area contributed by atoms with Crippen LogP contribution in [0.25, 0.3) is 11.6 Å². The first-order valence-corrected chi connectivity index (χ1v) is 7.87. The third-order valence-corrected chi connectivity index (χ3v) is 3.79. The lowest BCUT2D eigenvalue weighted by molar-refractivity contribution is -0.144. The zero-order valence-electron chi connectivity index (χ0n) is 13.1. The average molecular weight is 319 g/mol. The summed E-state index contributed by atoms with van der Waals surface area (Å²) in [4.78, 5) is 12.0. The lowest BCUT2D eigenvalue weighted by Gasteiger charge is -2.09. The molecule has 1 saturated heterocycles.